The predicted octanol–water partition coefficient (Wildman–Crippen LogP) is 4.33. The van der Waals surface area contributed by atoms with Gasteiger partial charge in [-0.05, 0) is 54.7 Å². The number of nitriles is 1. The molecule has 5 rings (SSSR count). The molecule has 1 aliphatic heterocycles. The molecule has 0 N–H and O–H groups in total. The number of nitrogens with zero attached hydrogens (tertiary/aromatic N) is 3. The highest BCUT2D eigenvalue weighted by Crippen LogP contribution is 2.42. The lowest BCUT2D eigenvalue weighted by Gasteiger charge is -2.20. The number of rotatable bonds is 2. The third kappa shape index (κ3) is 2.68. The van der Waals surface area contributed by atoms with Crippen molar-refractivity contribution in [2.45, 2.75) is 31.6 Å². The number of halogens is 1. The van der Waals surface area contributed by atoms with Crippen LogP contribution in [0.2, 0.25) is 0 Å². The Balaban J connectivity index is 1.43. The largest absolute Gasteiger partial charge is 0.440 e. The average Bonchev–Trinajstić information content (AvgIpc) is 3.28. The van der Waals surface area contributed by atoms with Crippen LogP contribution in [0.25, 0.3) is 5.70 Å². The molecule has 3 aliphatic rings. The highest BCUT2D eigenvalue weighted by molar-refractivity contribution is 5.82. The molecular weight excluding hydrogens is 329 g/mol. The Kier molecular flexibility index (Phi) is 3.39. The van der Waals surface area contributed by atoms with E-state index in [1.54, 1.807) is 6.07 Å². The first-order chi connectivity index (χ1) is 12.7. The van der Waals surface area contributed by atoms with Crippen molar-refractivity contribution in [1.29, 1.82) is 5.26 Å². The Morgan fingerprint density at radius 1 is 1.23 bits per heavy atom. The molecule has 1 aromatic carbocycles. The molecule has 1 aromatic heterocycles. The average molecular weight is 345 g/mol. The maximum absolute atomic E-state index is 13.8. The maximum Gasteiger partial charge on any atom is 0.245 e. The van der Waals surface area contributed by atoms with Crippen LogP contribution in [0.15, 0.2) is 45.3 Å². The Morgan fingerprint density at radius 2 is 2.15 bits per heavy atom. The molecule has 2 heterocycles. The zero-order valence-electron chi connectivity index (χ0n) is 14.1. The number of aromatic nitrogens is 1. The van der Waals surface area contributed by atoms with Gasteiger partial charge in [0.2, 0.25) is 5.89 Å². The molecule has 0 bridgehead atoms. The van der Waals surface area contributed by atoms with Crippen LogP contribution >= 0.6 is 0 Å². The number of aryl methyl sites for hydroxylation is 1. The number of benzene rings is 1. The molecule has 0 spiro atoms. The molecule has 4 nitrogen and oxygen atoms in total. The summed E-state index contributed by atoms with van der Waals surface area (Å²) in [5, 5.41) is 9.07. The molecule has 5 heteroatoms. The van der Waals surface area contributed by atoms with Crippen LogP contribution in [0, 0.1) is 23.1 Å². The molecule has 128 valence electrons. The molecule has 0 amide bonds. The van der Waals surface area contributed by atoms with Crippen LogP contribution < -0.4 is 0 Å². The van der Waals surface area contributed by atoms with Gasteiger partial charge in [-0.1, -0.05) is 5.57 Å². The fourth-order valence-corrected chi connectivity index (χ4v) is 3.81. The molecule has 26 heavy (non-hydrogen) atoms. The van der Waals surface area contributed by atoms with Gasteiger partial charge in [-0.15, -0.1) is 0 Å². The van der Waals surface area contributed by atoms with E-state index in [4.69, 9.17) is 9.68 Å². The molecule has 1 saturated carbocycles. The zero-order chi connectivity index (χ0) is 17.7. The van der Waals surface area contributed by atoms with Gasteiger partial charge in [-0.3, -0.25) is 4.99 Å². The molecule has 2 aromatic rings. The normalized spacial score (nSPS) is 23.2. The summed E-state index contributed by atoms with van der Waals surface area (Å²) in [6.45, 7) is 0. The minimum Gasteiger partial charge on any atom is -0.440 e. The molecular formula is C21H16FN3O. The minimum atomic E-state index is -0.364. The van der Waals surface area contributed by atoms with E-state index in [9.17, 15) is 4.39 Å². The van der Waals surface area contributed by atoms with E-state index < -0.39 is 0 Å². The quantitative estimate of drug-likeness (QED) is 0.814. The first-order valence-electron chi connectivity index (χ1n) is 8.84. The van der Waals surface area contributed by atoms with E-state index in [0.29, 0.717) is 23.8 Å². The standard InChI is InChI=1S/C21H16FN3O/c22-17-6-12(11-23)5-15(8-17)13-1-2-20-18(9-13)25-21(26-20)19-10-16-7-14(16)3-4-24-19/h3-6,8,10,13,16H,1-2,7,9H2. The van der Waals surface area contributed by atoms with Gasteiger partial charge in [-0.2, -0.15) is 5.26 Å². The Labute approximate surface area is 150 Å². The number of hydrogen-bond donors (Lipinski definition) is 0. The second kappa shape index (κ2) is 5.77. The Hall–Kier alpha value is -3.00. The van der Waals surface area contributed by atoms with Crippen LogP contribution in [-0.2, 0) is 12.8 Å². The predicted molar refractivity (Wildman–Crippen MR) is 95.0 cm³/mol. The summed E-state index contributed by atoms with van der Waals surface area (Å²) >= 11 is 0. The lowest BCUT2D eigenvalue weighted by molar-refractivity contribution is 0.449. The summed E-state index contributed by atoms with van der Waals surface area (Å²) in [5.74, 6) is 1.73. The number of aliphatic imine (C=N–C) groups is 1. The van der Waals surface area contributed by atoms with Gasteiger partial charge < -0.3 is 4.42 Å². The second-order valence-corrected chi connectivity index (χ2v) is 7.10. The fourth-order valence-electron chi connectivity index (χ4n) is 3.81. The Bertz CT molecular complexity index is 1040. The van der Waals surface area contributed by atoms with Crippen LogP contribution in [0.1, 0.15) is 47.2 Å². The summed E-state index contributed by atoms with van der Waals surface area (Å²) in [6.07, 6.45) is 9.40. The van der Waals surface area contributed by atoms with Gasteiger partial charge in [0.15, 0.2) is 0 Å². The van der Waals surface area contributed by atoms with E-state index in [1.807, 2.05) is 12.3 Å². The maximum atomic E-state index is 13.8. The van der Waals surface area contributed by atoms with Crippen LogP contribution in [0.4, 0.5) is 4.39 Å². The molecule has 0 radical (unpaired) electrons. The van der Waals surface area contributed by atoms with Crippen molar-refractivity contribution < 1.29 is 8.81 Å². The first kappa shape index (κ1) is 15.3. The topological polar surface area (TPSA) is 62.2 Å². The summed E-state index contributed by atoms with van der Waals surface area (Å²) in [7, 11) is 0. The summed E-state index contributed by atoms with van der Waals surface area (Å²) < 4.78 is 19.8. The minimum absolute atomic E-state index is 0.145. The lowest BCUT2D eigenvalue weighted by atomic mass is 9.84. The number of hydrogen-bond acceptors (Lipinski definition) is 4. The SMILES string of the molecule is N#Cc1cc(F)cc(C2CCc3oc(C4=CC5CC5=CC=N4)nc3C2)c1. The first-order valence-corrected chi connectivity index (χ1v) is 8.84. The second-order valence-electron chi connectivity index (χ2n) is 7.10. The van der Waals surface area contributed by atoms with Crippen molar-refractivity contribution in [2.24, 2.45) is 10.9 Å². The van der Waals surface area contributed by atoms with Crippen molar-refractivity contribution >= 4 is 11.9 Å². The lowest BCUT2D eigenvalue weighted by Crippen LogP contribution is -2.12. The van der Waals surface area contributed by atoms with Gasteiger partial charge >= 0.3 is 0 Å². The van der Waals surface area contributed by atoms with Crippen molar-refractivity contribution in [2.75, 3.05) is 0 Å². The van der Waals surface area contributed by atoms with Crippen LogP contribution in [0.3, 0.4) is 0 Å². The summed E-state index contributed by atoms with van der Waals surface area (Å²) in [4.78, 5) is 9.13. The summed E-state index contributed by atoms with van der Waals surface area (Å²) in [5.41, 5.74) is 4.33. The van der Waals surface area contributed by atoms with E-state index >= 15 is 0 Å². The molecule has 2 atom stereocenters. The van der Waals surface area contributed by atoms with Gasteiger partial charge in [0.25, 0.3) is 0 Å². The number of oxazole rings is 1. The number of allylic oxidation sites excluding steroid dienone is 3. The third-order valence-corrected chi connectivity index (χ3v) is 5.31. The van der Waals surface area contributed by atoms with Gasteiger partial charge in [0, 0.05) is 25.0 Å². The van der Waals surface area contributed by atoms with E-state index in [0.717, 1.165) is 42.0 Å². The van der Waals surface area contributed by atoms with Crippen molar-refractivity contribution in [3.63, 3.8) is 0 Å². The molecule has 1 fully saturated rings. The summed E-state index contributed by atoms with van der Waals surface area (Å²) in [6, 6.07) is 6.59. The smallest absolute Gasteiger partial charge is 0.245 e. The van der Waals surface area contributed by atoms with Crippen molar-refractivity contribution in [3.05, 3.63) is 70.2 Å². The third-order valence-electron chi connectivity index (χ3n) is 5.31. The number of fused-ring (bicyclic) bond motifs is 2. The van der Waals surface area contributed by atoms with Gasteiger partial charge in [-0.25, -0.2) is 9.37 Å². The van der Waals surface area contributed by atoms with Crippen LogP contribution in [-0.4, -0.2) is 11.2 Å². The van der Waals surface area contributed by atoms with Gasteiger partial charge in [0.05, 0.1) is 17.3 Å². The van der Waals surface area contributed by atoms with Gasteiger partial charge in [0.1, 0.15) is 17.3 Å². The van der Waals surface area contributed by atoms with E-state index in [1.165, 1.54) is 17.7 Å². The van der Waals surface area contributed by atoms with E-state index in [-0.39, 0.29) is 11.7 Å². The highest BCUT2D eigenvalue weighted by Gasteiger charge is 2.31. The molecule has 2 aliphatic carbocycles. The molecule has 2 unspecified atom stereocenters. The zero-order valence-corrected chi connectivity index (χ0v) is 14.1. The van der Waals surface area contributed by atoms with Crippen LogP contribution in [0.5, 0.6) is 0 Å². The van der Waals surface area contributed by atoms with Crippen molar-refractivity contribution in [3.8, 4) is 6.07 Å². The monoisotopic (exact) mass is 345 g/mol. The molecule has 0 saturated heterocycles. The van der Waals surface area contributed by atoms with E-state index in [2.05, 4.69) is 22.1 Å². The van der Waals surface area contributed by atoms with Crippen molar-refractivity contribution in [1.82, 2.24) is 4.98 Å². The Morgan fingerprint density at radius 3 is 3.04 bits per heavy atom. The highest BCUT2D eigenvalue weighted by atomic mass is 19.1. The fraction of sp³-hybridized carbons (Fsp3) is 0.286.